The zero-order chi connectivity index (χ0) is 14.5. The van der Waals surface area contributed by atoms with Gasteiger partial charge in [-0.1, -0.05) is 17.7 Å². The van der Waals surface area contributed by atoms with Crippen molar-refractivity contribution in [2.45, 2.75) is 13.8 Å². The van der Waals surface area contributed by atoms with Gasteiger partial charge in [0.2, 0.25) is 0 Å². The summed E-state index contributed by atoms with van der Waals surface area (Å²) >= 11 is 1.74. The molecular formula is C15H24N4S. The number of hydrogen-bond donors (Lipinski definition) is 0. The maximum atomic E-state index is 4.57. The quantitative estimate of drug-likeness (QED) is 0.483. The van der Waals surface area contributed by atoms with Crippen molar-refractivity contribution >= 4 is 24.2 Å². The fourth-order valence-corrected chi connectivity index (χ4v) is 2.95. The van der Waals surface area contributed by atoms with Crippen LogP contribution in [0.5, 0.6) is 0 Å². The third-order valence-corrected chi connectivity index (χ3v) is 4.37. The van der Waals surface area contributed by atoms with Crippen LogP contribution in [0.2, 0.25) is 0 Å². The van der Waals surface area contributed by atoms with E-state index in [1.54, 1.807) is 12.1 Å². The Hall–Kier alpha value is -1.04. The minimum atomic E-state index is 1.04. The number of hydrogen-bond acceptors (Lipinski definition) is 4. The van der Waals surface area contributed by atoms with Crippen LogP contribution >= 0.6 is 12.1 Å². The van der Waals surface area contributed by atoms with Crippen LogP contribution in [-0.2, 0) is 0 Å². The Morgan fingerprint density at radius 3 is 2.55 bits per heavy atom. The number of aliphatic imine (C=N–C) groups is 1. The van der Waals surface area contributed by atoms with Crippen LogP contribution < -0.4 is 0 Å². The minimum absolute atomic E-state index is 1.04. The lowest BCUT2D eigenvalue weighted by Gasteiger charge is -2.32. The first-order chi connectivity index (χ1) is 9.54. The van der Waals surface area contributed by atoms with Gasteiger partial charge in [-0.2, -0.15) is 0 Å². The summed E-state index contributed by atoms with van der Waals surface area (Å²) in [4.78, 5) is 6.93. The Morgan fingerprint density at radius 1 is 1.20 bits per heavy atom. The van der Waals surface area contributed by atoms with Crippen LogP contribution in [-0.4, -0.2) is 60.1 Å². The molecule has 1 fully saturated rings. The van der Waals surface area contributed by atoms with Gasteiger partial charge in [-0.05, 0) is 32.5 Å². The molecule has 1 aromatic carbocycles. The largest absolute Gasteiger partial charge is 0.304 e. The molecule has 0 radical (unpaired) electrons. The summed E-state index contributed by atoms with van der Waals surface area (Å²) in [5.74, 6) is 0. The van der Waals surface area contributed by atoms with Gasteiger partial charge in [-0.25, -0.2) is 9.30 Å². The fourth-order valence-electron chi connectivity index (χ4n) is 2.17. The van der Waals surface area contributed by atoms with Crippen molar-refractivity contribution in [3.05, 3.63) is 29.3 Å². The summed E-state index contributed by atoms with van der Waals surface area (Å²) in [5, 5.41) is 0. The molecule has 5 heteroatoms. The number of aryl methyl sites for hydroxylation is 2. The van der Waals surface area contributed by atoms with E-state index in [-0.39, 0.29) is 0 Å². The molecule has 110 valence electrons. The van der Waals surface area contributed by atoms with Crippen LogP contribution in [0.4, 0.5) is 5.69 Å². The molecule has 1 aliphatic rings. The maximum absolute atomic E-state index is 4.57. The lowest BCUT2D eigenvalue weighted by atomic mass is 10.1. The molecule has 0 aromatic heterocycles. The molecule has 0 unspecified atom stereocenters. The molecule has 0 bridgehead atoms. The SMILES string of the molecule is Cc1ccc(N=CN(C)SN2CCN(C)CC2)c(C)c1. The third-order valence-electron chi connectivity index (χ3n) is 3.42. The van der Waals surface area contributed by atoms with Crippen molar-refractivity contribution in [2.24, 2.45) is 4.99 Å². The first-order valence-corrected chi connectivity index (χ1v) is 7.73. The average molecular weight is 292 g/mol. The second-order valence-corrected chi connectivity index (χ2v) is 6.65. The van der Waals surface area contributed by atoms with Gasteiger partial charge in [0.1, 0.15) is 6.34 Å². The smallest absolute Gasteiger partial charge is 0.102 e. The van der Waals surface area contributed by atoms with Crippen molar-refractivity contribution in [3.63, 3.8) is 0 Å². The van der Waals surface area contributed by atoms with Crippen molar-refractivity contribution in [1.29, 1.82) is 0 Å². The topological polar surface area (TPSA) is 22.1 Å². The fraction of sp³-hybridized carbons (Fsp3) is 0.533. The van der Waals surface area contributed by atoms with E-state index in [0.717, 1.165) is 31.9 Å². The molecule has 0 saturated carbocycles. The van der Waals surface area contributed by atoms with Crippen LogP contribution in [0.25, 0.3) is 0 Å². The Balaban J connectivity index is 1.87. The van der Waals surface area contributed by atoms with Crippen molar-refractivity contribution < 1.29 is 0 Å². The predicted molar refractivity (Wildman–Crippen MR) is 88.5 cm³/mol. The lowest BCUT2D eigenvalue weighted by molar-refractivity contribution is 0.231. The minimum Gasteiger partial charge on any atom is -0.304 e. The number of nitrogens with zero attached hydrogens (tertiary/aromatic N) is 4. The van der Waals surface area contributed by atoms with Gasteiger partial charge in [0.15, 0.2) is 0 Å². The molecule has 0 amide bonds. The van der Waals surface area contributed by atoms with E-state index < -0.39 is 0 Å². The molecule has 1 aromatic rings. The summed E-state index contributed by atoms with van der Waals surface area (Å²) in [5.41, 5.74) is 3.54. The van der Waals surface area contributed by atoms with E-state index in [9.17, 15) is 0 Å². The van der Waals surface area contributed by atoms with Gasteiger partial charge < -0.3 is 4.90 Å². The summed E-state index contributed by atoms with van der Waals surface area (Å²) < 4.78 is 4.46. The standard InChI is InChI=1S/C15H24N4S/c1-13-5-6-15(14(2)11-13)16-12-18(4)20-19-9-7-17(3)8-10-19/h5-6,11-12H,7-10H2,1-4H3. The normalized spacial score (nSPS) is 17.8. The number of piperazine rings is 1. The molecule has 0 N–H and O–H groups in total. The first-order valence-electron chi connectivity index (χ1n) is 7.00. The number of likely N-dealkylation sites (N-methyl/N-ethyl adjacent to an activating group) is 1. The van der Waals surface area contributed by atoms with Crippen LogP contribution in [0.1, 0.15) is 11.1 Å². The summed E-state index contributed by atoms with van der Waals surface area (Å²) in [7, 11) is 4.23. The molecule has 20 heavy (non-hydrogen) atoms. The molecule has 0 spiro atoms. The molecule has 0 atom stereocenters. The second-order valence-electron chi connectivity index (χ2n) is 5.39. The van der Waals surface area contributed by atoms with Crippen molar-refractivity contribution in [2.75, 3.05) is 40.3 Å². The summed E-state index contributed by atoms with van der Waals surface area (Å²) in [6, 6.07) is 6.35. The third kappa shape index (κ3) is 4.51. The van der Waals surface area contributed by atoms with Crippen LogP contribution in [0.3, 0.4) is 0 Å². The summed E-state index contributed by atoms with van der Waals surface area (Å²) in [6.45, 7) is 8.68. The monoisotopic (exact) mass is 292 g/mol. The average Bonchev–Trinajstić information content (AvgIpc) is 2.40. The van der Waals surface area contributed by atoms with Gasteiger partial charge in [-0.3, -0.25) is 4.31 Å². The highest BCUT2D eigenvalue weighted by Gasteiger charge is 2.15. The summed E-state index contributed by atoms with van der Waals surface area (Å²) in [6.07, 6.45) is 1.90. The Kier molecular flexibility index (Phi) is 5.46. The van der Waals surface area contributed by atoms with E-state index in [1.165, 1.54) is 11.1 Å². The lowest BCUT2D eigenvalue weighted by Crippen LogP contribution is -2.42. The van der Waals surface area contributed by atoms with E-state index in [1.807, 2.05) is 6.34 Å². The highest BCUT2D eigenvalue weighted by Crippen LogP contribution is 2.20. The zero-order valence-electron chi connectivity index (χ0n) is 12.8. The van der Waals surface area contributed by atoms with E-state index >= 15 is 0 Å². The second kappa shape index (κ2) is 7.11. The number of rotatable bonds is 4. The molecule has 0 aliphatic carbocycles. The molecule has 4 nitrogen and oxygen atoms in total. The zero-order valence-corrected chi connectivity index (χ0v) is 13.7. The van der Waals surface area contributed by atoms with Crippen molar-refractivity contribution in [3.8, 4) is 0 Å². The number of benzene rings is 1. The van der Waals surface area contributed by atoms with Gasteiger partial charge in [0.25, 0.3) is 0 Å². The van der Waals surface area contributed by atoms with Crippen LogP contribution in [0.15, 0.2) is 23.2 Å². The first kappa shape index (κ1) is 15.4. The van der Waals surface area contributed by atoms with E-state index in [4.69, 9.17) is 0 Å². The van der Waals surface area contributed by atoms with Crippen molar-refractivity contribution in [1.82, 2.24) is 13.5 Å². The van der Waals surface area contributed by atoms with Gasteiger partial charge >= 0.3 is 0 Å². The van der Waals surface area contributed by atoms with Gasteiger partial charge in [-0.15, -0.1) is 0 Å². The molecule has 1 saturated heterocycles. The van der Waals surface area contributed by atoms with Gasteiger partial charge in [0, 0.05) is 45.4 Å². The van der Waals surface area contributed by atoms with Crippen LogP contribution in [0, 0.1) is 13.8 Å². The maximum Gasteiger partial charge on any atom is 0.102 e. The Labute approximate surface area is 126 Å². The molecule has 1 aliphatic heterocycles. The van der Waals surface area contributed by atoms with E-state index in [0.29, 0.717) is 0 Å². The molecule has 1 heterocycles. The Bertz CT molecular complexity index is 467. The Morgan fingerprint density at radius 2 is 1.90 bits per heavy atom. The van der Waals surface area contributed by atoms with Gasteiger partial charge in [0.05, 0.1) is 5.69 Å². The molecular weight excluding hydrogens is 268 g/mol. The highest BCUT2D eigenvalue weighted by atomic mass is 32.2. The highest BCUT2D eigenvalue weighted by molar-refractivity contribution is 7.95. The molecule has 2 rings (SSSR count). The van der Waals surface area contributed by atoms with E-state index in [2.05, 4.69) is 64.6 Å². The predicted octanol–water partition coefficient (Wildman–Crippen LogP) is 2.71.